The molecule has 0 fully saturated rings. The number of benzene rings is 2. The van der Waals surface area contributed by atoms with Crippen LogP contribution in [0.15, 0.2) is 42.5 Å². The number of rotatable bonds is 6. The highest BCUT2D eigenvalue weighted by Gasteiger charge is 2.17. The first-order valence-corrected chi connectivity index (χ1v) is 8.67. The molecule has 0 heterocycles. The Morgan fingerprint density at radius 2 is 1.76 bits per heavy atom. The van der Waals surface area contributed by atoms with E-state index in [-0.39, 0.29) is 18.4 Å². The minimum atomic E-state index is -0.216. The average Bonchev–Trinajstić information content (AvgIpc) is 2.57. The van der Waals surface area contributed by atoms with Gasteiger partial charge in [0.1, 0.15) is 6.54 Å². The SMILES string of the molecule is CCc1cccc(C)c1NC(=O)CN(Cc1ccccc1Cl)C(C)=O. The van der Waals surface area contributed by atoms with Gasteiger partial charge in [0.2, 0.25) is 11.8 Å². The fraction of sp³-hybridized carbons (Fsp3) is 0.300. The van der Waals surface area contributed by atoms with Gasteiger partial charge in [0.15, 0.2) is 0 Å². The molecule has 2 amide bonds. The zero-order valence-electron chi connectivity index (χ0n) is 14.8. The zero-order chi connectivity index (χ0) is 18.4. The van der Waals surface area contributed by atoms with Crippen molar-refractivity contribution >= 4 is 29.1 Å². The Morgan fingerprint density at radius 1 is 1.08 bits per heavy atom. The van der Waals surface area contributed by atoms with Crippen LogP contribution in [0.5, 0.6) is 0 Å². The van der Waals surface area contributed by atoms with Crippen LogP contribution in [0.3, 0.4) is 0 Å². The molecule has 0 aliphatic heterocycles. The van der Waals surface area contributed by atoms with Gasteiger partial charge in [-0.1, -0.05) is 54.9 Å². The predicted octanol–water partition coefficient (Wildman–Crippen LogP) is 4.20. The smallest absolute Gasteiger partial charge is 0.244 e. The number of aryl methyl sites for hydroxylation is 2. The normalized spacial score (nSPS) is 10.4. The highest BCUT2D eigenvalue weighted by atomic mass is 35.5. The van der Waals surface area contributed by atoms with Gasteiger partial charge < -0.3 is 10.2 Å². The van der Waals surface area contributed by atoms with Crippen molar-refractivity contribution in [2.24, 2.45) is 0 Å². The Kier molecular flexibility index (Phi) is 6.59. The molecule has 0 bridgehead atoms. The molecule has 2 rings (SSSR count). The van der Waals surface area contributed by atoms with E-state index in [9.17, 15) is 9.59 Å². The van der Waals surface area contributed by atoms with Crippen LogP contribution in [0.25, 0.3) is 0 Å². The van der Waals surface area contributed by atoms with E-state index < -0.39 is 0 Å². The fourth-order valence-electron chi connectivity index (χ4n) is 2.67. The van der Waals surface area contributed by atoms with E-state index in [2.05, 4.69) is 5.32 Å². The van der Waals surface area contributed by atoms with Crippen LogP contribution in [0, 0.1) is 6.92 Å². The van der Waals surface area contributed by atoms with Crippen molar-refractivity contribution in [2.75, 3.05) is 11.9 Å². The number of amides is 2. The minimum Gasteiger partial charge on any atom is -0.329 e. The monoisotopic (exact) mass is 358 g/mol. The van der Waals surface area contributed by atoms with Crippen molar-refractivity contribution in [1.29, 1.82) is 0 Å². The van der Waals surface area contributed by atoms with Crippen LogP contribution in [-0.4, -0.2) is 23.3 Å². The summed E-state index contributed by atoms with van der Waals surface area (Å²) in [5, 5.41) is 3.53. The molecule has 2 aromatic carbocycles. The average molecular weight is 359 g/mol. The van der Waals surface area contributed by atoms with Gasteiger partial charge in [-0.3, -0.25) is 9.59 Å². The van der Waals surface area contributed by atoms with Gasteiger partial charge >= 0.3 is 0 Å². The summed E-state index contributed by atoms with van der Waals surface area (Å²) in [6.07, 6.45) is 0.827. The molecule has 4 nitrogen and oxygen atoms in total. The summed E-state index contributed by atoms with van der Waals surface area (Å²) in [7, 11) is 0. The largest absolute Gasteiger partial charge is 0.329 e. The number of nitrogens with zero attached hydrogens (tertiary/aromatic N) is 1. The Labute approximate surface area is 153 Å². The van der Waals surface area contributed by atoms with Crippen LogP contribution < -0.4 is 5.32 Å². The van der Waals surface area contributed by atoms with Crippen molar-refractivity contribution in [1.82, 2.24) is 4.90 Å². The van der Waals surface area contributed by atoms with Crippen LogP contribution in [0.2, 0.25) is 5.02 Å². The van der Waals surface area contributed by atoms with Gasteiger partial charge in [0, 0.05) is 24.2 Å². The standard InChI is InChI=1S/C20H23ClN2O2/c1-4-16-10-7-8-14(2)20(16)22-19(25)13-23(15(3)24)12-17-9-5-6-11-18(17)21/h5-11H,4,12-13H2,1-3H3,(H,22,25). The van der Waals surface area contributed by atoms with E-state index in [1.54, 1.807) is 6.07 Å². The summed E-state index contributed by atoms with van der Waals surface area (Å²) >= 11 is 6.16. The third kappa shape index (κ3) is 5.07. The lowest BCUT2D eigenvalue weighted by atomic mass is 10.1. The molecular formula is C20H23ClN2O2. The summed E-state index contributed by atoms with van der Waals surface area (Å²) in [6, 6.07) is 13.3. The molecule has 0 unspecified atom stereocenters. The minimum absolute atomic E-state index is 0.0158. The van der Waals surface area contributed by atoms with Gasteiger partial charge in [-0.15, -0.1) is 0 Å². The maximum atomic E-state index is 12.5. The number of carbonyl (C=O) groups is 2. The van der Waals surface area contributed by atoms with E-state index >= 15 is 0 Å². The van der Waals surface area contributed by atoms with Gasteiger partial charge in [-0.2, -0.15) is 0 Å². The van der Waals surface area contributed by atoms with E-state index in [4.69, 9.17) is 11.6 Å². The first kappa shape index (κ1) is 19.0. The molecule has 5 heteroatoms. The molecule has 2 aromatic rings. The Morgan fingerprint density at radius 3 is 2.40 bits per heavy atom. The summed E-state index contributed by atoms with van der Waals surface area (Å²) < 4.78 is 0. The lowest BCUT2D eigenvalue weighted by molar-refractivity contribution is -0.133. The van der Waals surface area contributed by atoms with Crippen molar-refractivity contribution in [3.63, 3.8) is 0 Å². The fourth-order valence-corrected chi connectivity index (χ4v) is 2.86. The van der Waals surface area contributed by atoms with Crippen LogP contribution >= 0.6 is 11.6 Å². The van der Waals surface area contributed by atoms with Crippen LogP contribution in [0.4, 0.5) is 5.69 Å². The summed E-state index contributed by atoms with van der Waals surface area (Å²) in [5.41, 5.74) is 3.73. The van der Waals surface area contributed by atoms with E-state index in [0.29, 0.717) is 11.6 Å². The zero-order valence-corrected chi connectivity index (χ0v) is 15.6. The number of para-hydroxylation sites is 1. The van der Waals surface area contributed by atoms with E-state index in [1.807, 2.05) is 50.2 Å². The van der Waals surface area contributed by atoms with Crippen molar-refractivity contribution < 1.29 is 9.59 Å². The van der Waals surface area contributed by atoms with Gasteiger partial charge in [-0.25, -0.2) is 0 Å². The topological polar surface area (TPSA) is 49.4 Å². The van der Waals surface area contributed by atoms with Crippen molar-refractivity contribution in [2.45, 2.75) is 33.7 Å². The Hall–Kier alpha value is -2.33. The molecule has 0 saturated carbocycles. The van der Waals surface area contributed by atoms with E-state index in [1.165, 1.54) is 11.8 Å². The lowest BCUT2D eigenvalue weighted by Crippen LogP contribution is -2.36. The summed E-state index contributed by atoms with van der Waals surface area (Å²) in [5.74, 6) is -0.387. The molecular weight excluding hydrogens is 336 g/mol. The van der Waals surface area contributed by atoms with E-state index in [0.717, 1.165) is 28.8 Å². The number of hydrogen-bond acceptors (Lipinski definition) is 2. The first-order valence-electron chi connectivity index (χ1n) is 8.29. The highest BCUT2D eigenvalue weighted by Crippen LogP contribution is 2.21. The molecule has 1 N–H and O–H groups in total. The third-order valence-electron chi connectivity index (χ3n) is 4.10. The van der Waals surface area contributed by atoms with Crippen LogP contribution in [0.1, 0.15) is 30.5 Å². The molecule has 0 aliphatic carbocycles. The number of halogens is 1. The van der Waals surface area contributed by atoms with Crippen molar-refractivity contribution in [3.8, 4) is 0 Å². The van der Waals surface area contributed by atoms with Gasteiger partial charge in [0.05, 0.1) is 0 Å². The summed E-state index contributed by atoms with van der Waals surface area (Å²) in [4.78, 5) is 25.9. The molecule has 0 atom stereocenters. The highest BCUT2D eigenvalue weighted by molar-refractivity contribution is 6.31. The van der Waals surface area contributed by atoms with Crippen molar-refractivity contribution in [3.05, 3.63) is 64.2 Å². The number of anilines is 1. The molecule has 0 radical (unpaired) electrons. The second-order valence-electron chi connectivity index (χ2n) is 5.98. The predicted molar refractivity (Wildman–Crippen MR) is 102 cm³/mol. The summed E-state index contributed by atoms with van der Waals surface area (Å²) in [6.45, 7) is 5.75. The number of nitrogens with one attached hydrogen (secondary N) is 1. The maximum Gasteiger partial charge on any atom is 0.244 e. The van der Waals surface area contributed by atoms with Crippen LogP contribution in [-0.2, 0) is 22.6 Å². The Bertz CT molecular complexity index is 774. The molecule has 132 valence electrons. The molecule has 0 saturated heterocycles. The molecule has 0 aliphatic rings. The second-order valence-corrected chi connectivity index (χ2v) is 6.38. The third-order valence-corrected chi connectivity index (χ3v) is 4.47. The lowest BCUT2D eigenvalue weighted by Gasteiger charge is -2.22. The van der Waals surface area contributed by atoms with Gasteiger partial charge in [-0.05, 0) is 36.1 Å². The molecule has 0 aromatic heterocycles. The first-order chi connectivity index (χ1) is 11.9. The van der Waals surface area contributed by atoms with Gasteiger partial charge in [0.25, 0.3) is 0 Å². The molecule has 0 spiro atoms. The number of hydrogen-bond donors (Lipinski definition) is 1. The number of carbonyl (C=O) groups excluding carboxylic acids is 2. The molecule has 25 heavy (non-hydrogen) atoms. The second kappa shape index (κ2) is 8.67. The maximum absolute atomic E-state index is 12.5. The Balaban J connectivity index is 2.11. The quantitative estimate of drug-likeness (QED) is 0.841.